The molecule has 0 spiro atoms. The van der Waals surface area contributed by atoms with Gasteiger partial charge in [0.25, 0.3) is 5.91 Å². The molecule has 0 saturated carbocycles. The number of aromatic nitrogens is 2. The summed E-state index contributed by atoms with van der Waals surface area (Å²) < 4.78 is 5.63. The molecule has 0 radical (unpaired) electrons. The van der Waals surface area contributed by atoms with Crippen molar-refractivity contribution in [1.29, 1.82) is 0 Å². The van der Waals surface area contributed by atoms with Crippen LogP contribution in [-0.4, -0.2) is 41.2 Å². The molecule has 124 valence electrons. The minimum atomic E-state index is -0.137. The van der Waals surface area contributed by atoms with Crippen molar-refractivity contribution in [3.8, 4) is 5.75 Å². The van der Waals surface area contributed by atoms with Crippen molar-refractivity contribution < 1.29 is 9.53 Å². The molecule has 0 unspecified atom stereocenters. The lowest BCUT2D eigenvalue weighted by atomic mass is 10.1. The number of aryl methyl sites for hydroxylation is 1. The number of nitrogens with one attached hydrogen (secondary N) is 1. The molecule has 6 heteroatoms. The van der Waals surface area contributed by atoms with E-state index in [1.165, 1.54) is 0 Å². The van der Waals surface area contributed by atoms with Crippen LogP contribution in [0.5, 0.6) is 5.75 Å². The van der Waals surface area contributed by atoms with E-state index in [2.05, 4.69) is 10.2 Å². The molecular formula is C18H18ClN3O2. The molecule has 3 aromatic rings. The first kappa shape index (κ1) is 16.3. The fourth-order valence-corrected chi connectivity index (χ4v) is 2.61. The Morgan fingerprint density at radius 2 is 2.12 bits per heavy atom. The molecule has 1 amide bonds. The molecule has 0 atom stereocenters. The van der Waals surface area contributed by atoms with Crippen LogP contribution in [0.1, 0.15) is 16.1 Å². The van der Waals surface area contributed by atoms with Crippen molar-refractivity contribution in [2.75, 3.05) is 20.2 Å². The Balaban J connectivity index is 1.64. The minimum Gasteiger partial charge on any atom is -0.492 e. The van der Waals surface area contributed by atoms with Crippen LogP contribution in [0, 0.1) is 6.92 Å². The van der Waals surface area contributed by atoms with Crippen LogP contribution in [0.4, 0.5) is 0 Å². The van der Waals surface area contributed by atoms with Crippen LogP contribution in [-0.2, 0) is 0 Å². The first-order valence-electron chi connectivity index (χ1n) is 7.63. The van der Waals surface area contributed by atoms with Crippen molar-refractivity contribution >= 4 is 28.4 Å². The van der Waals surface area contributed by atoms with Gasteiger partial charge in [0.1, 0.15) is 12.4 Å². The number of rotatable bonds is 5. The van der Waals surface area contributed by atoms with Gasteiger partial charge >= 0.3 is 0 Å². The lowest BCUT2D eigenvalue weighted by Crippen LogP contribution is -2.31. The van der Waals surface area contributed by atoms with Crippen molar-refractivity contribution in [1.82, 2.24) is 15.1 Å². The summed E-state index contributed by atoms with van der Waals surface area (Å²) in [4.78, 5) is 14.2. The van der Waals surface area contributed by atoms with Crippen molar-refractivity contribution in [2.45, 2.75) is 6.92 Å². The fourth-order valence-electron chi connectivity index (χ4n) is 2.43. The summed E-state index contributed by atoms with van der Waals surface area (Å²) in [7, 11) is 1.74. The monoisotopic (exact) mass is 343 g/mol. The van der Waals surface area contributed by atoms with E-state index >= 15 is 0 Å². The van der Waals surface area contributed by atoms with Crippen LogP contribution in [0.15, 0.2) is 42.5 Å². The average Bonchev–Trinajstić information content (AvgIpc) is 2.97. The largest absolute Gasteiger partial charge is 0.492 e. The smallest absolute Gasteiger partial charge is 0.274 e. The Morgan fingerprint density at radius 1 is 1.29 bits per heavy atom. The maximum atomic E-state index is 12.6. The van der Waals surface area contributed by atoms with Crippen LogP contribution in [0.25, 0.3) is 10.9 Å². The molecule has 3 rings (SSSR count). The maximum absolute atomic E-state index is 12.6. The van der Waals surface area contributed by atoms with E-state index in [0.717, 1.165) is 16.5 Å². The Morgan fingerprint density at radius 3 is 2.92 bits per heavy atom. The van der Waals surface area contributed by atoms with E-state index in [-0.39, 0.29) is 5.91 Å². The molecule has 5 nitrogen and oxygen atoms in total. The van der Waals surface area contributed by atoms with Gasteiger partial charge in [0.2, 0.25) is 0 Å². The second-order valence-corrected chi connectivity index (χ2v) is 6.09. The van der Waals surface area contributed by atoms with Gasteiger partial charge in [-0.2, -0.15) is 5.10 Å². The minimum absolute atomic E-state index is 0.137. The van der Waals surface area contributed by atoms with Gasteiger partial charge in [0.15, 0.2) is 5.69 Å². The Hall–Kier alpha value is -2.53. The zero-order chi connectivity index (χ0) is 17.1. The number of hydrogen-bond acceptors (Lipinski definition) is 3. The van der Waals surface area contributed by atoms with E-state index in [9.17, 15) is 4.79 Å². The van der Waals surface area contributed by atoms with Crippen molar-refractivity contribution in [3.63, 3.8) is 0 Å². The van der Waals surface area contributed by atoms with Gasteiger partial charge in [-0.05, 0) is 37.3 Å². The third-order valence-electron chi connectivity index (χ3n) is 3.76. The molecule has 1 heterocycles. The highest BCUT2D eigenvalue weighted by Gasteiger charge is 2.18. The maximum Gasteiger partial charge on any atom is 0.274 e. The van der Waals surface area contributed by atoms with Crippen molar-refractivity contribution in [3.05, 3.63) is 58.7 Å². The number of halogens is 1. The van der Waals surface area contributed by atoms with Gasteiger partial charge in [-0.25, -0.2) is 0 Å². The summed E-state index contributed by atoms with van der Waals surface area (Å²) >= 11 is 5.92. The summed E-state index contributed by atoms with van der Waals surface area (Å²) in [5.41, 5.74) is 2.37. The number of hydrogen-bond donors (Lipinski definition) is 1. The third-order valence-corrected chi connectivity index (χ3v) is 3.99. The fraction of sp³-hybridized carbons (Fsp3) is 0.222. The molecule has 0 aliphatic rings. The number of H-pyrrole nitrogens is 1. The SMILES string of the molecule is Cc1ccc2[nH]nc(C(=O)N(C)CCOc3cccc(Cl)c3)c2c1. The number of nitrogens with zero attached hydrogens (tertiary/aromatic N) is 2. The zero-order valence-corrected chi connectivity index (χ0v) is 14.3. The molecule has 0 saturated heterocycles. The number of fused-ring (bicyclic) bond motifs is 1. The van der Waals surface area contributed by atoms with E-state index in [1.54, 1.807) is 24.1 Å². The van der Waals surface area contributed by atoms with Gasteiger partial charge in [0.05, 0.1) is 12.1 Å². The summed E-state index contributed by atoms with van der Waals surface area (Å²) in [5, 5.41) is 8.51. The topological polar surface area (TPSA) is 58.2 Å². The number of ether oxygens (including phenoxy) is 1. The van der Waals surface area contributed by atoms with E-state index in [0.29, 0.717) is 29.6 Å². The van der Waals surface area contributed by atoms with Crippen LogP contribution >= 0.6 is 11.6 Å². The summed E-state index contributed by atoms with van der Waals surface area (Å²) in [5.74, 6) is 0.547. The molecule has 1 aromatic heterocycles. The van der Waals surface area contributed by atoms with E-state index < -0.39 is 0 Å². The molecular weight excluding hydrogens is 326 g/mol. The molecule has 1 N–H and O–H groups in total. The predicted octanol–water partition coefficient (Wildman–Crippen LogP) is 3.68. The third kappa shape index (κ3) is 3.51. The van der Waals surface area contributed by atoms with Crippen molar-refractivity contribution in [2.24, 2.45) is 0 Å². The number of likely N-dealkylation sites (N-methyl/N-ethyl adjacent to an activating group) is 1. The van der Waals surface area contributed by atoms with Crippen LogP contribution < -0.4 is 4.74 Å². The second kappa shape index (κ2) is 6.93. The Bertz CT molecular complexity index is 876. The number of carbonyl (C=O) groups excluding carboxylic acids is 1. The number of aromatic amines is 1. The summed E-state index contributed by atoms with van der Waals surface area (Å²) in [6, 6.07) is 13.1. The first-order chi connectivity index (χ1) is 11.5. The quantitative estimate of drug-likeness (QED) is 0.768. The number of amides is 1. The second-order valence-electron chi connectivity index (χ2n) is 5.65. The van der Waals surface area contributed by atoms with E-state index in [4.69, 9.17) is 16.3 Å². The lowest BCUT2D eigenvalue weighted by Gasteiger charge is -2.16. The van der Waals surface area contributed by atoms with Gasteiger partial charge in [-0.3, -0.25) is 9.89 Å². The molecule has 0 fully saturated rings. The highest BCUT2D eigenvalue weighted by atomic mass is 35.5. The van der Waals surface area contributed by atoms with E-state index in [1.807, 2.05) is 37.3 Å². The van der Waals surface area contributed by atoms with Crippen LogP contribution in [0.2, 0.25) is 5.02 Å². The summed E-state index contributed by atoms with van der Waals surface area (Å²) in [6.45, 7) is 2.82. The molecule has 2 aromatic carbocycles. The number of benzene rings is 2. The molecule has 0 aliphatic carbocycles. The predicted molar refractivity (Wildman–Crippen MR) is 94.7 cm³/mol. The standard InChI is InChI=1S/C18H18ClN3O2/c1-12-6-7-16-15(10-12)17(21-20-16)18(23)22(2)8-9-24-14-5-3-4-13(19)11-14/h3-7,10-11H,8-9H2,1-2H3,(H,20,21). The highest BCUT2D eigenvalue weighted by molar-refractivity contribution is 6.30. The Kier molecular flexibility index (Phi) is 4.71. The molecule has 24 heavy (non-hydrogen) atoms. The van der Waals surface area contributed by atoms with Gasteiger partial charge in [-0.15, -0.1) is 0 Å². The molecule has 0 aliphatic heterocycles. The average molecular weight is 344 g/mol. The van der Waals surface area contributed by atoms with Gasteiger partial charge in [0, 0.05) is 17.5 Å². The summed E-state index contributed by atoms with van der Waals surface area (Å²) in [6.07, 6.45) is 0. The highest BCUT2D eigenvalue weighted by Crippen LogP contribution is 2.19. The first-order valence-corrected chi connectivity index (χ1v) is 8.01. The van der Waals surface area contributed by atoms with Gasteiger partial charge < -0.3 is 9.64 Å². The van der Waals surface area contributed by atoms with Gasteiger partial charge in [-0.1, -0.05) is 29.3 Å². The Labute approximate surface area is 145 Å². The number of carbonyl (C=O) groups is 1. The van der Waals surface area contributed by atoms with Crippen LogP contribution in [0.3, 0.4) is 0 Å². The zero-order valence-electron chi connectivity index (χ0n) is 13.5. The normalized spacial score (nSPS) is 10.8. The lowest BCUT2D eigenvalue weighted by molar-refractivity contribution is 0.0770. The molecule has 0 bridgehead atoms.